The maximum Gasteiger partial charge on any atom is 0.221 e. The van der Waals surface area contributed by atoms with Gasteiger partial charge in [-0.05, 0) is 62.4 Å². The summed E-state index contributed by atoms with van der Waals surface area (Å²) in [4.78, 5) is 11.9. The van der Waals surface area contributed by atoms with Gasteiger partial charge in [-0.1, -0.05) is 12.1 Å². The Bertz CT molecular complexity index is 462. The smallest absolute Gasteiger partial charge is 0.221 e. The molecule has 104 valence electrons. The Morgan fingerprint density at radius 1 is 1.32 bits per heavy atom. The van der Waals surface area contributed by atoms with E-state index in [2.05, 4.69) is 43.5 Å². The highest BCUT2D eigenvalue weighted by molar-refractivity contribution is 5.76. The molecule has 0 spiro atoms. The van der Waals surface area contributed by atoms with E-state index in [1.54, 1.807) is 0 Å². The Labute approximate surface area is 115 Å². The van der Waals surface area contributed by atoms with E-state index >= 15 is 0 Å². The number of carbonyl (C=O) groups excluding carboxylic acids is 1. The van der Waals surface area contributed by atoms with E-state index in [4.69, 9.17) is 0 Å². The summed E-state index contributed by atoms with van der Waals surface area (Å²) >= 11 is 0. The van der Waals surface area contributed by atoms with Crippen LogP contribution in [0.5, 0.6) is 0 Å². The van der Waals surface area contributed by atoms with E-state index in [-0.39, 0.29) is 5.91 Å². The molecule has 0 aliphatic carbocycles. The van der Waals surface area contributed by atoms with Crippen LogP contribution in [0.4, 0.5) is 0 Å². The van der Waals surface area contributed by atoms with Crippen molar-refractivity contribution in [3.8, 4) is 0 Å². The molecule has 3 nitrogen and oxygen atoms in total. The van der Waals surface area contributed by atoms with Gasteiger partial charge < -0.3 is 10.6 Å². The monoisotopic (exact) mass is 260 g/mol. The van der Waals surface area contributed by atoms with Crippen molar-refractivity contribution < 1.29 is 4.79 Å². The van der Waals surface area contributed by atoms with Gasteiger partial charge in [0.25, 0.3) is 0 Å². The van der Waals surface area contributed by atoms with Crippen LogP contribution in [0.2, 0.25) is 0 Å². The van der Waals surface area contributed by atoms with Crippen molar-refractivity contribution in [1.82, 2.24) is 10.6 Å². The maximum absolute atomic E-state index is 11.9. The normalized spacial score (nSPS) is 18.6. The number of carbonyl (C=O) groups is 1. The van der Waals surface area contributed by atoms with E-state index in [9.17, 15) is 4.79 Å². The van der Waals surface area contributed by atoms with Crippen LogP contribution in [0.3, 0.4) is 0 Å². The summed E-state index contributed by atoms with van der Waals surface area (Å²) in [5.41, 5.74) is 5.14. The Hall–Kier alpha value is -1.35. The van der Waals surface area contributed by atoms with Gasteiger partial charge in [-0.2, -0.15) is 0 Å². The third-order valence-electron chi connectivity index (χ3n) is 4.24. The highest BCUT2D eigenvalue weighted by Crippen LogP contribution is 2.17. The van der Waals surface area contributed by atoms with Crippen molar-refractivity contribution in [3.05, 3.63) is 34.4 Å². The second kappa shape index (κ2) is 6.20. The summed E-state index contributed by atoms with van der Waals surface area (Å²) in [7, 11) is 0. The number of hydrogen-bond donors (Lipinski definition) is 2. The molecule has 1 atom stereocenters. The second-order valence-electron chi connectivity index (χ2n) is 5.57. The lowest BCUT2D eigenvalue weighted by atomic mass is 9.99. The van der Waals surface area contributed by atoms with E-state index in [1.807, 2.05) is 0 Å². The number of rotatable bonds is 4. The number of aryl methyl sites for hydroxylation is 1. The van der Waals surface area contributed by atoms with Crippen LogP contribution in [0.25, 0.3) is 0 Å². The van der Waals surface area contributed by atoms with Crippen LogP contribution in [-0.2, 0) is 11.3 Å². The molecule has 19 heavy (non-hydrogen) atoms. The number of nitrogens with one attached hydrogen (secondary N) is 2. The average Bonchev–Trinajstić information content (AvgIpc) is 2.88. The summed E-state index contributed by atoms with van der Waals surface area (Å²) in [6.07, 6.45) is 2.91. The van der Waals surface area contributed by atoms with Gasteiger partial charge in [-0.25, -0.2) is 0 Å². The van der Waals surface area contributed by atoms with Gasteiger partial charge >= 0.3 is 0 Å². The SMILES string of the molecule is Cc1ccc(CNC(=O)CC2CCCN2)c(C)c1C. The van der Waals surface area contributed by atoms with Crippen LogP contribution >= 0.6 is 0 Å². The lowest BCUT2D eigenvalue weighted by Crippen LogP contribution is -2.31. The van der Waals surface area contributed by atoms with Crippen LogP contribution < -0.4 is 10.6 Å². The Balaban J connectivity index is 1.88. The average molecular weight is 260 g/mol. The fraction of sp³-hybridized carbons (Fsp3) is 0.562. The molecule has 1 aliphatic heterocycles. The molecule has 0 radical (unpaired) electrons. The maximum atomic E-state index is 11.9. The zero-order valence-corrected chi connectivity index (χ0v) is 12.2. The molecule has 2 N–H and O–H groups in total. The molecule has 1 saturated heterocycles. The molecular formula is C16H24N2O. The van der Waals surface area contributed by atoms with Gasteiger partial charge in [-0.15, -0.1) is 0 Å². The molecule has 1 heterocycles. The number of benzene rings is 1. The van der Waals surface area contributed by atoms with Gasteiger partial charge in [0.2, 0.25) is 5.91 Å². The topological polar surface area (TPSA) is 41.1 Å². The second-order valence-corrected chi connectivity index (χ2v) is 5.57. The van der Waals surface area contributed by atoms with Crippen LogP contribution in [-0.4, -0.2) is 18.5 Å². The van der Waals surface area contributed by atoms with Crippen LogP contribution in [0.1, 0.15) is 41.5 Å². The summed E-state index contributed by atoms with van der Waals surface area (Å²) in [6, 6.07) is 4.62. The van der Waals surface area contributed by atoms with Crippen LogP contribution in [0, 0.1) is 20.8 Å². The van der Waals surface area contributed by atoms with Crippen molar-refractivity contribution >= 4 is 5.91 Å². The lowest BCUT2D eigenvalue weighted by Gasteiger charge is -2.13. The molecule has 3 heteroatoms. The zero-order valence-electron chi connectivity index (χ0n) is 12.2. The summed E-state index contributed by atoms with van der Waals surface area (Å²) in [6.45, 7) is 8.07. The zero-order chi connectivity index (χ0) is 13.8. The third kappa shape index (κ3) is 3.57. The van der Waals surface area contributed by atoms with Crippen molar-refractivity contribution in [1.29, 1.82) is 0 Å². The first kappa shape index (κ1) is 14.1. The van der Waals surface area contributed by atoms with Crippen molar-refractivity contribution in [2.45, 2.75) is 52.6 Å². The molecule has 2 rings (SSSR count). The molecule has 1 amide bonds. The molecule has 1 fully saturated rings. The predicted molar refractivity (Wildman–Crippen MR) is 78.1 cm³/mol. The summed E-state index contributed by atoms with van der Waals surface area (Å²) < 4.78 is 0. The quantitative estimate of drug-likeness (QED) is 0.872. The fourth-order valence-electron chi connectivity index (χ4n) is 2.62. The molecule has 0 aromatic heterocycles. The minimum atomic E-state index is 0.150. The van der Waals surface area contributed by atoms with E-state index in [0.29, 0.717) is 19.0 Å². The first-order valence-electron chi connectivity index (χ1n) is 7.13. The van der Waals surface area contributed by atoms with Crippen molar-refractivity contribution in [3.63, 3.8) is 0 Å². The Morgan fingerprint density at radius 2 is 2.11 bits per heavy atom. The molecule has 0 bridgehead atoms. The highest BCUT2D eigenvalue weighted by atomic mass is 16.1. The van der Waals surface area contributed by atoms with Crippen LogP contribution in [0.15, 0.2) is 12.1 Å². The van der Waals surface area contributed by atoms with Crippen molar-refractivity contribution in [2.75, 3.05) is 6.54 Å². The van der Waals surface area contributed by atoms with E-state index < -0.39 is 0 Å². The summed E-state index contributed by atoms with van der Waals surface area (Å²) in [5.74, 6) is 0.150. The first-order chi connectivity index (χ1) is 9.08. The molecule has 1 aromatic rings. The predicted octanol–water partition coefficient (Wildman–Crippen LogP) is 2.37. The van der Waals surface area contributed by atoms with Gasteiger partial charge in [-0.3, -0.25) is 4.79 Å². The van der Waals surface area contributed by atoms with E-state index in [1.165, 1.54) is 28.7 Å². The largest absolute Gasteiger partial charge is 0.352 e. The fourth-order valence-corrected chi connectivity index (χ4v) is 2.62. The molecule has 1 aliphatic rings. The van der Waals surface area contributed by atoms with Crippen molar-refractivity contribution in [2.24, 2.45) is 0 Å². The summed E-state index contributed by atoms with van der Waals surface area (Å²) in [5, 5.41) is 6.39. The standard InChI is InChI=1S/C16H24N2O/c1-11-6-7-14(13(3)12(11)2)10-18-16(19)9-15-5-4-8-17-15/h6-7,15,17H,4-5,8-10H2,1-3H3,(H,18,19). The molecular weight excluding hydrogens is 236 g/mol. The molecule has 1 unspecified atom stereocenters. The minimum absolute atomic E-state index is 0.150. The van der Waals surface area contributed by atoms with Gasteiger partial charge in [0, 0.05) is 19.0 Å². The first-order valence-corrected chi connectivity index (χ1v) is 7.13. The number of hydrogen-bond acceptors (Lipinski definition) is 2. The third-order valence-corrected chi connectivity index (χ3v) is 4.24. The Morgan fingerprint density at radius 3 is 2.79 bits per heavy atom. The van der Waals surface area contributed by atoms with Gasteiger partial charge in [0.05, 0.1) is 0 Å². The minimum Gasteiger partial charge on any atom is -0.352 e. The highest BCUT2D eigenvalue weighted by Gasteiger charge is 2.17. The molecule has 0 saturated carbocycles. The molecule has 1 aromatic carbocycles. The number of amides is 1. The van der Waals surface area contributed by atoms with E-state index in [0.717, 1.165) is 13.0 Å². The van der Waals surface area contributed by atoms with Gasteiger partial charge in [0.15, 0.2) is 0 Å². The van der Waals surface area contributed by atoms with Gasteiger partial charge in [0.1, 0.15) is 0 Å². The Kier molecular flexibility index (Phi) is 4.59. The lowest BCUT2D eigenvalue weighted by molar-refractivity contribution is -0.121.